The fraction of sp³-hybridized carbons (Fsp3) is 0.350. The van der Waals surface area contributed by atoms with E-state index < -0.39 is 9.84 Å². The lowest BCUT2D eigenvalue weighted by Crippen LogP contribution is -2.52. The molecule has 1 aliphatic heterocycles. The van der Waals surface area contributed by atoms with E-state index in [1.165, 1.54) is 11.9 Å². The van der Waals surface area contributed by atoms with Crippen LogP contribution in [0.3, 0.4) is 0 Å². The van der Waals surface area contributed by atoms with Gasteiger partial charge in [0, 0.05) is 51.7 Å². The van der Waals surface area contributed by atoms with Gasteiger partial charge in [0.25, 0.3) is 0 Å². The minimum atomic E-state index is -3.16. The molecule has 0 saturated carbocycles. The maximum atomic E-state index is 11.5. The molecule has 1 saturated heterocycles. The highest BCUT2D eigenvalue weighted by molar-refractivity contribution is 7.90. The van der Waals surface area contributed by atoms with Gasteiger partial charge in [-0.1, -0.05) is 30.3 Å². The fourth-order valence-corrected chi connectivity index (χ4v) is 3.81. The summed E-state index contributed by atoms with van der Waals surface area (Å²) in [4.78, 5) is 9.38. The molecule has 0 spiro atoms. The first kappa shape index (κ1) is 19.2. The molecule has 0 unspecified atom stereocenters. The lowest BCUT2D eigenvalue weighted by atomic mass is 10.2. The van der Waals surface area contributed by atoms with E-state index in [4.69, 9.17) is 0 Å². The molecular formula is C20H26N4O2S. The van der Waals surface area contributed by atoms with E-state index in [2.05, 4.69) is 44.4 Å². The van der Waals surface area contributed by atoms with Crippen molar-refractivity contribution in [3.05, 3.63) is 60.2 Å². The number of piperazine rings is 1. The molecular weight excluding hydrogens is 360 g/mol. The normalized spacial score (nSPS) is 15.7. The minimum absolute atomic E-state index is 0.340. The van der Waals surface area contributed by atoms with E-state index in [9.17, 15) is 8.42 Å². The average molecular weight is 387 g/mol. The van der Waals surface area contributed by atoms with Crippen molar-refractivity contribution in [3.63, 3.8) is 0 Å². The summed E-state index contributed by atoms with van der Waals surface area (Å²) < 4.78 is 23.1. The maximum absolute atomic E-state index is 11.5. The third kappa shape index (κ3) is 5.01. The first-order valence-electron chi connectivity index (χ1n) is 9.02. The Morgan fingerprint density at radius 2 is 1.63 bits per heavy atom. The van der Waals surface area contributed by atoms with Gasteiger partial charge in [-0.15, -0.1) is 0 Å². The van der Waals surface area contributed by atoms with E-state index >= 15 is 0 Å². The number of rotatable bonds is 4. The molecule has 0 aliphatic carbocycles. The SMILES string of the molecule is CN=C(NCc1ccc(S(C)(=O)=O)cc1)N1CCN(c2ccccc2)CC1. The smallest absolute Gasteiger partial charge is 0.194 e. The third-order valence-electron chi connectivity index (χ3n) is 4.71. The summed E-state index contributed by atoms with van der Waals surface area (Å²) in [6, 6.07) is 17.4. The van der Waals surface area contributed by atoms with Gasteiger partial charge < -0.3 is 15.1 Å². The van der Waals surface area contributed by atoms with Gasteiger partial charge in [-0.3, -0.25) is 4.99 Å². The predicted molar refractivity (Wildman–Crippen MR) is 110 cm³/mol. The molecule has 3 rings (SSSR count). The maximum Gasteiger partial charge on any atom is 0.194 e. The number of benzene rings is 2. The van der Waals surface area contributed by atoms with Gasteiger partial charge in [0.2, 0.25) is 0 Å². The van der Waals surface area contributed by atoms with Crippen molar-refractivity contribution in [3.8, 4) is 0 Å². The zero-order chi connectivity index (χ0) is 19.3. The van der Waals surface area contributed by atoms with Crippen molar-refractivity contribution in [1.82, 2.24) is 10.2 Å². The Balaban J connectivity index is 1.54. The molecule has 1 aliphatic rings. The Labute approximate surface area is 161 Å². The van der Waals surface area contributed by atoms with Crippen molar-refractivity contribution in [2.75, 3.05) is 44.4 Å². The summed E-state index contributed by atoms with van der Waals surface area (Å²) in [5, 5.41) is 3.38. The molecule has 1 N–H and O–H groups in total. The number of hydrogen-bond acceptors (Lipinski definition) is 4. The van der Waals surface area contributed by atoms with E-state index in [0.717, 1.165) is 37.7 Å². The van der Waals surface area contributed by atoms with Crippen LogP contribution in [0.5, 0.6) is 0 Å². The fourth-order valence-electron chi connectivity index (χ4n) is 3.18. The number of anilines is 1. The van der Waals surface area contributed by atoms with Gasteiger partial charge in [-0.25, -0.2) is 8.42 Å². The summed E-state index contributed by atoms with van der Waals surface area (Å²) in [5.41, 5.74) is 2.28. The van der Waals surface area contributed by atoms with E-state index in [0.29, 0.717) is 11.4 Å². The summed E-state index contributed by atoms with van der Waals surface area (Å²) in [5.74, 6) is 0.870. The van der Waals surface area contributed by atoms with Crippen molar-refractivity contribution in [2.24, 2.45) is 4.99 Å². The van der Waals surface area contributed by atoms with Gasteiger partial charge in [0.05, 0.1) is 4.90 Å². The molecule has 0 radical (unpaired) electrons. The van der Waals surface area contributed by atoms with Crippen molar-refractivity contribution in [2.45, 2.75) is 11.4 Å². The van der Waals surface area contributed by atoms with Gasteiger partial charge in [-0.2, -0.15) is 0 Å². The third-order valence-corrected chi connectivity index (χ3v) is 5.84. The topological polar surface area (TPSA) is 65.0 Å². The van der Waals surface area contributed by atoms with Crippen LogP contribution >= 0.6 is 0 Å². The number of nitrogens with zero attached hydrogens (tertiary/aromatic N) is 3. The second-order valence-corrected chi connectivity index (χ2v) is 8.64. The molecule has 1 fully saturated rings. The summed E-state index contributed by atoms with van der Waals surface area (Å²) in [7, 11) is -1.37. The molecule has 0 bridgehead atoms. The summed E-state index contributed by atoms with van der Waals surface area (Å²) in [6.07, 6.45) is 1.22. The van der Waals surface area contributed by atoms with Gasteiger partial charge in [0.1, 0.15) is 0 Å². The first-order chi connectivity index (χ1) is 13.0. The number of nitrogens with one attached hydrogen (secondary N) is 1. The molecule has 27 heavy (non-hydrogen) atoms. The minimum Gasteiger partial charge on any atom is -0.368 e. The number of sulfone groups is 1. The first-order valence-corrected chi connectivity index (χ1v) is 10.9. The van der Waals surface area contributed by atoms with Crippen LogP contribution in [-0.2, 0) is 16.4 Å². The Hall–Kier alpha value is -2.54. The average Bonchev–Trinajstić information content (AvgIpc) is 2.69. The van der Waals surface area contributed by atoms with Gasteiger partial charge >= 0.3 is 0 Å². The molecule has 2 aromatic carbocycles. The molecule has 0 amide bonds. The molecule has 6 nitrogen and oxygen atoms in total. The molecule has 0 atom stereocenters. The number of para-hydroxylation sites is 1. The zero-order valence-corrected chi connectivity index (χ0v) is 16.6. The Morgan fingerprint density at radius 1 is 1.00 bits per heavy atom. The standard InChI is InChI=1S/C20H26N4O2S/c1-21-20(22-16-17-8-10-19(11-9-17)27(2,25)26)24-14-12-23(13-15-24)18-6-4-3-5-7-18/h3-11H,12-16H2,1-2H3,(H,21,22). The van der Waals surface area contributed by atoms with Crippen LogP contribution in [0.4, 0.5) is 5.69 Å². The second kappa shape index (κ2) is 8.43. The highest BCUT2D eigenvalue weighted by Crippen LogP contribution is 2.16. The van der Waals surface area contributed by atoms with E-state index in [-0.39, 0.29) is 0 Å². The molecule has 0 aromatic heterocycles. The van der Waals surface area contributed by atoms with E-state index in [1.54, 1.807) is 19.2 Å². The molecule has 144 valence electrons. The zero-order valence-electron chi connectivity index (χ0n) is 15.8. The second-order valence-electron chi connectivity index (χ2n) is 6.63. The lowest BCUT2D eigenvalue weighted by Gasteiger charge is -2.37. The Morgan fingerprint density at radius 3 is 2.19 bits per heavy atom. The van der Waals surface area contributed by atoms with Crippen molar-refractivity contribution in [1.29, 1.82) is 0 Å². The highest BCUT2D eigenvalue weighted by atomic mass is 32.2. The number of guanidine groups is 1. The van der Waals surface area contributed by atoms with Crippen molar-refractivity contribution < 1.29 is 8.42 Å². The molecule has 1 heterocycles. The Kier molecular flexibility index (Phi) is 6.01. The van der Waals surface area contributed by atoms with Crippen LogP contribution in [0.25, 0.3) is 0 Å². The monoisotopic (exact) mass is 386 g/mol. The number of hydrogen-bond donors (Lipinski definition) is 1. The summed E-state index contributed by atoms with van der Waals surface area (Å²) in [6.45, 7) is 4.32. The lowest BCUT2D eigenvalue weighted by molar-refractivity contribution is 0.372. The van der Waals surface area contributed by atoms with E-state index in [1.807, 2.05) is 18.2 Å². The van der Waals surface area contributed by atoms with Crippen LogP contribution < -0.4 is 10.2 Å². The van der Waals surface area contributed by atoms with Crippen molar-refractivity contribution >= 4 is 21.5 Å². The molecule has 2 aromatic rings. The van der Waals surface area contributed by atoms with Crippen LogP contribution in [-0.4, -0.2) is 58.8 Å². The highest BCUT2D eigenvalue weighted by Gasteiger charge is 2.19. The van der Waals surface area contributed by atoms with Gasteiger partial charge in [-0.05, 0) is 29.8 Å². The van der Waals surface area contributed by atoms with Crippen LogP contribution in [0, 0.1) is 0 Å². The van der Waals surface area contributed by atoms with Crippen LogP contribution in [0.1, 0.15) is 5.56 Å². The predicted octanol–water partition coefficient (Wildman–Crippen LogP) is 1.99. The Bertz CT molecular complexity index is 872. The van der Waals surface area contributed by atoms with Gasteiger partial charge in [0.15, 0.2) is 15.8 Å². The van der Waals surface area contributed by atoms with Crippen LogP contribution in [0.2, 0.25) is 0 Å². The summed E-state index contributed by atoms with van der Waals surface area (Å²) >= 11 is 0. The molecule has 7 heteroatoms. The van der Waals surface area contributed by atoms with Crippen LogP contribution in [0.15, 0.2) is 64.5 Å². The number of aliphatic imine (C=N–C) groups is 1. The largest absolute Gasteiger partial charge is 0.368 e. The quantitative estimate of drug-likeness (QED) is 0.643.